The maximum absolute atomic E-state index is 6.14. The molecule has 42 heavy (non-hydrogen) atoms. The lowest BCUT2D eigenvalue weighted by atomic mass is 9.81. The first-order valence-corrected chi connectivity index (χ1v) is 14.0. The van der Waals surface area contributed by atoms with Gasteiger partial charge in [-0.15, -0.1) is 0 Å². The molecule has 1 saturated carbocycles. The van der Waals surface area contributed by atoms with E-state index in [2.05, 4.69) is 41.4 Å². The summed E-state index contributed by atoms with van der Waals surface area (Å²) < 4.78 is 26.5. The lowest BCUT2D eigenvalue weighted by molar-refractivity contribution is -0.0222. The van der Waals surface area contributed by atoms with Crippen LogP contribution in [0.1, 0.15) is 50.0 Å². The van der Waals surface area contributed by atoms with Gasteiger partial charge in [0.15, 0.2) is 17.1 Å². The van der Waals surface area contributed by atoms with Crippen molar-refractivity contribution in [1.29, 1.82) is 0 Å². The molecule has 0 aliphatic heterocycles. The molecule has 218 valence electrons. The Balaban J connectivity index is 1.25. The maximum atomic E-state index is 6.14. The summed E-state index contributed by atoms with van der Waals surface area (Å²) in [6.45, 7) is 4.80. The van der Waals surface area contributed by atoms with Gasteiger partial charge in [0, 0.05) is 24.1 Å². The van der Waals surface area contributed by atoms with Gasteiger partial charge in [0.1, 0.15) is 23.8 Å². The molecule has 0 radical (unpaired) electrons. The summed E-state index contributed by atoms with van der Waals surface area (Å²) in [5.41, 5.74) is 2.79. The lowest BCUT2D eigenvalue weighted by Gasteiger charge is -2.34. The fourth-order valence-corrected chi connectivity index (χ4v) is 5.17. The first-order chi connectivity index (χ1) is 20.5. The molecule has 3 aromatic heterocycles. The number of anilines is 2. The molecule has 0 bridgehead atoms. The molecule has 11 nitrogen and oxygen atoms in total. The number of methoxy groups -OCH3 is 3. The molecule has 6 rings (SSSR count). The molecule has 1 aliphatic carbocycles. The number of nitrogens with zero attached hydrogens (tertiary/aromatic N) is 6. The van der Waals surface area contributed by atoms with Crippen molar-refractivity contribution >= 4 is 22.7 Å². The zero-order valence-electron chi connectivity index (χ0n) is 24.4. The number of imidazole rings is 1. The SMILES string of the molecule is COc1cc(-n2cnc(Nc3nc(C4CC(OCc5ccccc5)C4)nc4c3cnn4C(C)C)c2)cc(OC)c1OC. The molecule has 0 saturated heterocycles. The smallest absolute Gasteiger partial charge is 0.203 e. The maximum Gasteiger partial charge on any atom is 0.203 e. The van der Waals surface area contributed by atoms with E-state index < -0.39 is 0 Å². The van der Waals surface area contributed by atoms with E-state index in [0.717, 1.165) is 35.4 Å². The second kappa shape index (κ2) is 11.7. The van der Waals surface area contributed by atoms with Crippen LogP contribution in [0.5, 0.6) is 17.2 Å². The Labute approximate surface area is 244 Å². The summed E-state index contributed by atoms with van der Waals surface area (Å²) in [6, 6.07) is 14.1. The van der Waals surface area contributed by atoms with Crippen LogP contribution in [0, 0.1) is 0 Å². The van der Waals surface area contributed by atoms with Gasteiger partial charge in [0.25, 0.3) is 0 Å². The van der Waals surface area contributed by atoms with Gasteiger partial charge in [0.2, 0.25) is 5.75 Å². The largest absolute Gasteiger partial charge is 0.493 e. The summed E-state index contributed by atoms with van der Waals surface area (Å²) in [5.74, 6) is 3.95. The van der Waals surface area contributed by atoms with Gasteiger partial charge in [-0.2, -0.15) is 5.10 Å². The quantitative estimate of drug-likeness (QED) is 0.210. The summed E-state index contributed by atoms with van der Waals surface area (Å²) in [7, 11) is 4.77. The number of rotatable bonds is 11. The van der Waals surface area contributed by atoms with Crippen molar-refractivity contribution in [3.63, 3.8) is 0 Å². The summed E-state index contributed by atoms with van der Waals surface area (Å²) in [5, 5.41) is 8.87. The molecule has 1 fully saturated rings. The molecule has 5 aromatic rings. The van der Waals surface area contributed by atoms with Crippen molar-refractivity contribution in [2.75, 3.05) is 26.6 Å². The predicted octanol–water partition coefficient (Wildman–Crippen LogP) is 5.83. The van der Waals surface area contributed by atoms with E-state index in [-0.39, 0.29) is 18.1 Å². The molecular weight excluding hydrogens is 534 g/mol. The highest BCUT2D eigenvalue weighted by atomic mass is 16.5. The second-order valence-electron chi connectivity index (χ2n) is 10.6. The molecule has 11 heteroatoms. The molecular formula is C31H35N7O4. The summed E-state index contributed by atoms with van der Waals surface area (Å²) >= 11 is 0. The molecule has 0 atom stereocenters. The van der Waals surface area contributed by atoms with E-state index in [1.54, 1.807) is 27.7 Å². The van der Waals surface area contributed by atoms with Crippen molar-refractivity contribution in [3.05, 3.63) is 72.6 Å². The number of aromatic nitrogens is 6. The van der Waals surface area contributed by atoms with Gasteiger partial charge < -0.3 is 28.8 Å². The average molecular weight is 570 g/mol. The summed E-state index contributed by atoms with van der Waals surface area (Å²) in [6.07, 6.45) is 7.37. The van der Waals surface area contributed by atoms with Crippen LogP contribution < -0.4 is 19.5 Å². The number of benzene rings is 2. The molecule has 3 heterocycles. The van der Waals surface area contributed by atoms with Crippen LogP contribution in [0.25, 0.3) is 16.7 Å². The zero-order chi connectivity index (χ0) is 29.2. The van der Waals surface area contributed by atoms with E-state index in [1.807, 2.05) is 52.0 Å². The number of ether oxygens (including phenoxy) is 4. The number of hydrogen-bond acceptors (Lipinski definition) is 9. The molecule has 1 aliphatic rings. The fraction of sp³-hybridized carbons (Fsp3) is 0.355. The van der Waals surface area contributed by atoms with E-state index in [9.17, 15) is 0 Å². The Morgan fingerprint density at radius 2 is 1.71 bits per heavy atom. The van der Waals surface area contributed by atoms with E-state index in [4.69, 9.17) is 28.9 Å². The van der Waals surface area contributed by atoms with Gasteiger partial charge in [-0.25, -0.2) is 19.6 Å². The van der Waals surface area contributed by atoms with Crippen molar-refractivity contribution in [2.24, 2.45) is 0 Å². The average Bonchev–Trinajstić information content (AvgIpc) is 3.64. The molecule has 0 spiro atoms. The topological polar surface area (TPSA) is 110 Å². The van der Waals surface area contributed by atoms with Crippen LogP contribution in [-0.4, -0.2) is 56.7 Å². The van der Waals surface area contributed by atoms with Gasteiger partial charge in [-0.05, 0) is 32.3 Å². The number of hydrogen-bond donors (Lipinski definition) is 1. The zero-order valence-corrected chi connectivity index (χ0v) is 24.4. The molecule has 0 amide bonds. The third-order valence-corrected chi connectivity index (χ3v) is 7.53. The van der Waals surface area contributed by atoms with Crippen molar-refractivity contribution in [1.82, 2.24) is 29.3 Å². The second-order valence-corrected chi connectivity index (χ2v) is 10.6. The predicted molar refractivity (Wildman–Crippen MR) is 159 cm³/mol. The minimum atomic E-state index is 0.153. The van der Waals surface area contributed by atoms with Crippen LogP contribution in [0.3, 0.4) is 0 Å². The Bertz CT molecular complexity index is 1650. The first-order valence-electron chi connectivity index (χ1n) is 14.0. The van der Waals surface area contributed by atoms with Crippen molar-refractivity contribution < 1.29 is 18.9 Å². The highest BCUT2D eigenvalue weighted by molar-refractivity contribution is 5.88. The van der Waals surface area contributed by atoms with E-state index in [0.29, 0.717) is 35.5 Å². The Morgan fingerprint density at radius 3 is 2.38 bits per heavy atom. The van der Waals surface area contributed by atoms with Crippen LogP contribution in [0.4, 0.5) is 11.6 Å². The Morgan fingerprint density at radius 1 is 0.976 bits per heavy atom. The van der Waals surface area contributed by atoms with Crippen LogP contribution in [0.15, 0.2) is 61.2 Å². The molecule has 0 unspecified atom stereocenters. The third kappa shape index (κ3) is 5.35. The monoisotopic (exact) mass is 569 g/mol. The molecule has 2 aromatic carbocycles. The standard InChI is InChI=1S/C31H35N7O4/c1-19(2)38-31-24(15-33-38)30(35-29(36-31)21-11-23(12-21)42-17-20-9-7-6-8-10-20)34-27-16-37(18-32-27)22-13-25(39-3)28(41-5)26(14-22)40-4/h6-10,13-16,18-19,21,23H,11-12,17H2,1-5H3,(H,34,35,36). The minimum Gasteiger partial charge on any atom is -0.493 e. The number of nitrogens with one attached hydrogen (secondary N) is 1. The lowest BCUT2D eigenvalue weighted by Crippen LogP contribution is -2.31. The van der Waals surface area contributed by atoms with E-state index >= 15 is 0 Å². The Hall–Kier alpha value is -4.64. The van der Waals surface area contributed by atoms with Gasteiger partial charge in [0.05, 0.1) is 57.5 Å². The summed E-state index contributed by atoms with van der Waals surface area (Å²) in [4.78, 5) is 14.5. The fourth-order valence-electron chi connectivity index (χ4n) is 5.17. The van der Waals surface area contributed by atoms with E-state index in [1.165, 1.54) is 5.56 Å². The van der Waals surface area contributed by atoms with Crippen molar-refractivity contribution in [2.45, 2.75) is 51.4 Å². The first kappa shape index (κ1) is 27.5. The van der Waals surface area contributed by atoms with Gasteiger partial charge in [-0.3, -0.25) is 0 Å². The molecule has 1 N–H and O–H groups in total. The normalized spacial score (nSPS) is 16.4. The van der Waals surface area contributed by atoms with Crippen molar-refractivity contribution in [3.8, 4) is 22.9 Å². The van der Waals surface area contributed by atoms with Crippen LogP contribution in [-0.2, 0) is 11.3 Å². The highest BCUT2D eigenvalue weighted by Crippen LogP contribution is 2.41. The third-order valence-electron chi connectivity index (χ3n) is 7.53. The highest BCUT2D eigenvalue weighted by Gasteiger charge is 2.34. The number of fused-ring (bicyclic) bond motifs is 1. The van der Waals surface area contributed by atoms with Gasteiger partial charge >= 0.3 is 0 Å². The van der Waals surface area contributed by atoms with Crippen LogP contribution in [0.2, 0.25) is 0 Å². The van der Waals surface area contributed by atoms with Gasteiger partial charge in [-0.1, -0.05) is 30.3 Å². The van der Waals surface area contributed by atoms with Crippen LogP contribution >= 0.6 is 0 Å². The Kier molecular flexibility index (Phi) is 7.66. The minimum absolute atomic E-state index is 0.153.